The molecule has 2 aromatic carbocycles. The van der Waals surface area contributed by atoms with Crippen molar-refractivity contribution in [2.45, 2.75) is 13.0 Å². The molecule has 0 spiro atoms. The summed E-state index contributed by atoms with van der Waals surface area (Å²) in [6.07, 6.45) is 0.438. The minimum Gasteiger partial charge on any atom is -0.396 e. The van der Waals surface area contributed by atoms with Crippen molar-refractivity contribution in [2.75, 3.05) is 32.6 Å². The largest absolute Gasteiger partial charge is 0.396 e. The minimum absolute atomic E-state index is 0.0298. The van der Waals surface area contributed by atoms with Gasteiger partial charge in [0.2, 0.25) is 0 Å². The number of amides is 3. The van der Waals surface area contributed by atoms with Crippen LogP contribution in [0.3, 0.4) is 0 Å². The molecule has 0 radical (unpaired) electrons. The van der Waals surface area contributed by atoms with Crippen LogP contribution in [0.15, 0.2) is 42.5 Å². The number of benzene rings is 2. The summed E-state index contributed by atoms with van der Waals surface area (Å²) in [4.78, 5) is 27.9. The molecule has 150 valence electrons. The number of hydrogen-bond donors (Lipinski definition) is 2. The lowest BCUT2D eigenvalue weighted by atomic mass is 10.2. The van der Waals surface area contributed by atoms with Gasteiger partial charge in [-0.25, -0.2) is 4.79 Å². The second-order valence-electron chi connectivity index (χ2n) is 6.46. The summed E-state index contributed by atoms with van der Waals surface area (Å²) in [5.74, 6) is -0.149. The van der Waals surface area contributed by atoms with Gasteiger partial charge in [-0.1, -0.05) is 35.3 Å². The highest BCUT2D eigenvalue weighted by atomic mass is 35.5. The fraction of sp³-hybridized carbons (Fsp3) is 0.300. The molecule has 0 saturated carbocycles. The topological polar surface area (TPSA) is 72.9 Å². The summed E-state index contributed by atoms with van der Waals surface area (Å²) in [6.45, 7) is 0.635. The van der Waals surface area contributed by atoms with Gasteiger partial charge < -0.3 is 20.2 Å². The quantitative estimate of drug-likeness (QED) is 0.703. The molecular formula is C20H23Cl2N3O3. The van der Waals surface area contributed by atoms with Crippen LogP contribution in [0.1, 0.15) is 22.3 Å². The zero-order chi connectivity index (χ0) is 20.7. The number of aliphatic hydroxyl groups excluding tert-OH is 1. The maximum atomic E-state index is 12.8. The standard InChI is InChI=1S/C20H23Cl2N3O3/c1-24(2)19(27)15-5-3-6-16(12-15)23-20(28)25(9-4-10-26)13-14-7-8-17(21)18(22)11-14/h3,5-8,11-12,26H,4,9-10,13H2,1-2H3,(H,23,28). The number of anilines is 1. The third-order valence-electron chi connectivity index (χ3n) is 4.00. The van der Waals surface area contributed by atoms with Crippen LogP contribution in [0.5, 0.6) is 0 Å². The van der Waals surface area contributed by atoms with Crippen molar-refractivity contribution in [3.63, 3.8) is 0 Å². The lowest BCUT2D eigenvalue weighted by Crippen LogP contribution is -2.35. The molecule has 2 N–H and O–H groups in total. The third-order valence-corrected chi connectivity index (χ3v) is 4.74. The summed E-state index contributed by atoms with van der Waals surface area (Å²) >= 11 is 12.0. The van der Waals surface area contributed by atoms with E-state index in [4.69, 9.17) is 28.3 Å². The Hall–Kier alpha value is -2.28. The first kappa shape index (κ1) is 22.0. The molecule has 0 unspecified atom stereocenters. The number of nitrogens with one attached hydrogen (secondary N) is 1. The van der Waals surface area contributed by atoms with Crippen molar-refractivity contribution in [2.24, 2.45) is 0 Å². The smallest absolute Gasteiger partial charge is 0.322 e. The Bertz CT molecular complexity index is 843. The minimum atomic E-state index is -0.339. The third kappa shape index (κ3) is 6.12. The molecule has 2 rings (SSSR count). The normalized spacial score (nSPS) is 10.5. The van der Waals surface area contributed by atoms with E-state index in [0.29, 0.717) is 40.8 Å². The van der Waals surface area contributed by atoms with Crippen molar-refractivity contribution in [1.82, 2.24) is 9.80 Å². The second kappa shape index (κ2) is 10.3. The number of nitrogens with zero attached hydrogens (tertiary/aromatic N) is 2. The molecule has 0 aliphatic heterocycles. The zero-order valence-corrected chi connectivity index (χ0v) is 17.3. The molecule has 0 aliphatic carbocycles. The van der Waals surface area contributed by atoms with Crippen molar-refractivity contribution >= 4 is 40.8 Å². The zero-order valence-electron chi connectivity index (χ0n) is 15.8. The number of carbonyl (C=O) groups is 2. The number of aliphatic hydroxyl groups is 1. The van der Waals surface area contributed by atoms with Gasteiger partial charge in [0.25, 0.3) is 5.91 Å². The Labute approximate surface area is 174 Å². The van der Waals surface area contributed by atoms with Crippen LogP contribution < -0.4 is 5.32 Å². The van der Waals surface area contributed by atoms with E-state index in [0.717, 1.165) is 5.56 Å². The van der Waals surface area contributed by atoms with Crippen molar-refractivity contribution in [1.29, 1.82) is 0 Å². The predicted molar refractivity (Wildman–Crippen MR) is 112 cm³/mol. The Morgan fingerprint density at radius 3 is 2.46 bits per heavy atom. The van der Waals surface area contributed by atoms with Gasteiger partial charge in [0.1, 0.15) is 0 Å². The highest BCUT2D eigenvalue weighted by molar-refractivity contribution is 6.42. The summed E-state index contributed by atoms with van der Waals surface area (Å²) < 4.78 is 0. The van der Waals surface area contributed by atoms with Gasteiger partial charge in [-0.2, -0.15) is 0 Å². The van der Waals surface area contributed by atoms with Crippen molar-refractivity contribution in [3.05, 3.63) is 63.6 Å². The van der Waals surface area contributed by atoms with Gasteiger partial charge >= 0.3 is 6.03 Å². The fourth-order valence-electron chi connectivity index (χ4n) is 2.56. The van der Waals surface area contributed by atoms with Crippen LogP contribution in [-0.4, -0.2) is 54.1 Å². The van der Waals surface area contributed by atoms with Crippen molar-refractivity contribution in [3.8, 4) is 0 Å². The van der Waals surface area contributed by atoms with Gasteiger partial charge in [0.15, 0.2) is 0 Å². The first-order chi connectivity index (χ1) is 13.3. The van der Waals surface area contributed by atoms with Crippen LogP contribution in [0.2, 0.25) is 10.0 Å². The van der Waals surface area contributed by atoms with E-state index in [1.54, 1.807) is 61.5 Å². The SMILES string of the molecule is CN(C)C(=O)c1cccc(NC(=O)N(CCCO)Cc2ccc(Cl)c(Cl)c2)c1. The molecule has 0 saturated heterocycles. The van der Waals surface area contributed by atoms with Crippen LogP contribution in [0.4, 0.5) is 10.5 Å². The van der Waals surface area contributed by atoms with Crippen LogP contribution in [-0.2, 0) is 6.54 Å². The molecule has 0 atom stereocenters. The van der Waals surface area contributed by atoms with E-state index in [9.17, 15) is 9.59 Å². The van der Waals surface area contributed by atoms with Crippen LogP contribution in [0, 0.1) is 0 Å². The summed E-state index contributed by atoms with van der Waals surface area (Å²) in [7, 11) is 3.34. The molecule has 2 aromatic rings. The Morgan fingerprint density at radius 2 is 1.82 bits per heavy atom. The first-order valence-electron chi connectivity index (χ1n) is 8.74. The Morgan fingerprint density at radius 1 is 1.07 bits per heavy atom. The lowest BCUT2D eigenvalue weighted by Gasteiger charge is -2.23. The first-order valence-corrected chi connectivity index (χ1v) is 9.50. The summed E-state index contributed by atoms with van der Waals surface area (Å²) in [5.41, 5.74) is 1.81. The highest BCUT2D eigenvalue weighted by Gasteiger charge is 2.16. The van der Waals surface area contributed by atoms with Gasteiger partial charge in [-0.05, 0) is 42.3 Å². The van der Waals surface area contributed by atoms with E-state index in [-0.39, 0.29) is 18.5 Å². The molecule has 6 nitrogen and oxygen atoms in total. The number of rotatable bonds is 7. The second-order valence-corrected chi connectivity index (χ2v) is 7.27. The average molecular weight is 424 g/mol. The molecule has 0 aromatic heterocycles. The predicted octanol–water partition coefficient (Wildman–Crippen LogP) is 4.11. The van der Waals surface area contributed by atoms with E-state index >= 15 is 0 Å². The molecule has 0 fully saturated rings. The maximum absolute atomic E-state index is 12.8. The van der Waals surface area contributed by atoms with E-state index < -0.39 is 0 Å². The lowest BCUT2D eigenvalue weighted by molar-refractivity contribution is 0.0827. The molecular weight excluding hydrogens is 401 g/mol. The molecule has 8 heteroatoms. The average Bonchev–Trinajstić information content (AvgIpc) is 2.67. The highest BCUT2D eigenvalue weighted by Crippen LogP contribution is 2.23. The molecule has 28 heavy (non-hydrogen) atoms. The van der Waals surface area contributed by atoms with Crippen LogP contribution in [0.25, 0.3) is 0 Å². The van der Waals surface area contributed by atoms with E-state index in [1.807, 2.05) is 0 Å². The monoisotopic (exact) mass is 423 g/mol. The number of hydrogen-bond acceptors (Lipinski definition) is 3. The Balaban J connectivity index is 2.15. The molecule has 3 amide bonds. The van der Waals surface area contributed by atoms with Gasteiger partial charge in [0, 0.05) is 45.0 Å². The molecule has 0 heterocycles. The van der Waals surface area contributed by atoms with Crippen molar-refractivity contribution < 1.29 is 14.7 Å². The molecule has 0 bridgehead atoms. The fourth-order valence-corrected chi connectivity index (χ4v) is 2.88. The number of halogens is 2. The van der Waals surface area contributed by atoms with Gasteiger partial charge in [-0.15, -0.1) is 0 Å². The maximum Gasteiger partial charge on any atom is 0.322 e. The molecule has 0 aliphatic rings. The number of carbonyl (C=O) groups excluding carboxylic acids is 2. The Kier molecular flexibility index (Phi) is 8.11. The van der Waals surface area contributed by atoms with E-state index in [1.165, 1.54) is 4.90 Å². The van der Waals surface area contributed by atoms with E-state index in [2.05, 4.69) is 5.32 Å². The summed E-state index contributed by atoms with van der Waals surface area (Å²) in [6, 6.07) is 11.6. The van der Waals surface area contributed by atoms with Crippen LogP contribution >= 0.6 is 23.2 Å². The number of urea groups is 1. The summed E-state index contributed by atoms with van der Waals surface area (Å²) in [5, 5.41) is 12.8. The van der Waals surface area contributed by atoms with Gasteiger partial charge in [-0.3, -0.25) is 4.79 Å². The van der Waals surface area contributed by atoms with Gasteiger partial charge in [0.05, 0.1) is 10.0 Å².